The highest BCUT2D eigenvalue weighted by Crippen LogP contribution is 2.38. The molecule has 0 N–H and O–H groups in total. The topological polar surface area (TPSA) is 57.1 Å². The third-order valence-electron chi connectivity index (χ3n) is 4.40. The van der Waals surface area contributed by atoms with E-state index in [0.29, 0.717) is 5.88 Å². The van der Waals surface area contributed by atoms with Crippen LogP contribution in [0.15, 0.2) is 30.5 Å². The molecule has 5 nitrogen and oxygen atoms in total. The van der Waals surface area contributed by atoms with E-state index in [1.165, 1.54) is 5.56 Å². The predicted octanol–water partition coefficient (Wildman–Crippen LogP) is 4.79. The molecule has 26 heavy (non-hydrogen) atoms. The van der Waals surface area contributed by atoms with Gasteiger partial charge in [0.1, 0.15) is 10.8 Å². The van der Waals surface area contributed by atoms with E-state index in [1.807, 2.05) is 18.2 Å². The Hall–Kier alpha value is -2.73. The zero-order chi connectivity index (χ0) is 18.3. The molecule has 2 aromatic heterocycles. The van der Waals surface area contributed by atoms with Crippen LogP contribution in [-0.2, 0) is 6.42 Å². The Labute approximate surface area is 155 Å². The number of rotatable bonds is 4. The number of aryl methyl sites for hydroxylation is 2. The van der Waals surface area contributed by atoms with Crippen molar-refractivity contribution in [2.75, 3.05) is 14.2 Å². The van der Waals surface area contributed by atoms with Crippen LogP contribution in [0.3, 0.4) is 0 Å². The maximum Gasteiger partial charge on any atom is 0.232 e. The molecule has 0 saturated carbocycles. The second-order valence-electron chi connectivity index (χ2n) is 6.06. The summed E-state index contributed by atoms with van der Waals surface area (Å²) >= 11 is 1.67. The zero-order valence-corrected chi connectivity index (χ0v) is 16.0. The summed E-state index contributed by atoms with van der Waals surface area (Å²) in [5.41, 5.74) is 5.93. The van der Waals surface area contributed by atoms with Crippen molar-refractivity contribution in [2.24, 2.45) is 0 Å². The fourth-order valence-corrected chi connectivity index (χ4v) is 4.37. The van der Waals surface area contributed by atoms with Crippen LogP contribution >= 0.6 is 11.3 Å². The van der Waals surface area contributed by atoms with Gasteiger partial charge in [-0.25, -0.2) is 15.0 Å². The van der Waals surface area contributed by atoms with Crippen LogP contribution < -0.4 is 9.47 Å². The number of hydrogen-bond donors (Lipinski definition) is 0. The van der Waals surface area contributed by atoms with Crippen molar-refractivity contribution in [3.8, 4) is 22.2 Å². The molecule has 132 valence electrons. The van der Waals surface area contributed by atoms with Gasteiger partial charge in [-0.15, -0.1) is 11.3 Å². The van der Waals surface area contributed by atoms with Gasteiger partial charge in [-0.3, -0.25) is 0 Å². The van der Waals surface area contributed by atoms with Crippen LogP contribution in [-0.4, -0.2) is 29.2 Å². The van der Waals surface area contributed by atoms with Gasteiger partial charge in [0.2, 0.25) is 5.88 Å². The summed E-state index contributed by atoms with van der Waals surface area (Å²) < 4.78 is 11.9. The van der Waals surface area contributed by atoms with Gasteiger partial charge in [-0.2, -0.15) is 0 Å². The molecule has 0 bridgehead atoms. The van der Waals surface area contributed by atoms with E-state index in [-0.39, 0.29) is 0 Å². The van der Waals surface area contributed by atoms with Crippen LogP contribution in [0.5, 0.6) is 11.6 Å². The summed E-state index contributed by atoms with van der Waals surface area (Å²) in [5, 5.41) is 0.941. The molecule has 0 amide bonds. The lowest BCUT2D eigenvalue weighted by Gasteiger charge is -2.06. The van der Waals surface area contributed by atoms with E-state index >= 15 is 0 Å². The van der Waals surface area contributed by atoms with E-state index < -0.39 is 0 Å². The van der Waals surface area contributed by atoms with Crippen molar-refractivity contribution in [2.45, 2.75) is 20.3 Å². The molecule has 4 aromatic rings. The molecule has 0 unspecified atom stereocenters. The predicted molar refractivity (Wildman–Crippen MR) is 105 cm³/mol. The second kappa shape index (κ2) is 6.53. The van der Waals surface area contributed by atoms with Crippen molar-refractivity contribution in [3.63, 3.8) is 0 Å². The van der Waals surface area contributed by atoms with E-state index in [9.17, 15) is 0 Å². The Morgan fingerprint density at radius 2 is 1.88 bits per heavy atom. The van der Waals surface area contributed by atoms with Gasteiger partial charge in [-0.1, -0.05) is 6.92 Å². The molecular formula is C20H19N3O2S. The summed E-state index contributed by atoms with van der Waals surface area (Å²) in [6, 6.07) is 8.13. The smallest absolute Gasteiger partial charge is 0.232 e. The molecule has 0 aliphatic rings. The minimum absolute atomic E-state index is 0.511. The van der Waals surface area contributed by atoms with E-state index in [4.69, 9.17) is 14.5 Å². The van der Waals surface area contributed by atoms with Crippen LogP contribution in [0.4, 0.5) is 0 Å². The van der Waals surface area contributed by atoms with Gasteiger partial charge < -0.3 is 9.47 Å². The van der Waals surface area contributed by atoms with Gasteiger partial charge in [0.25, 0.3) is 0 Å². The molecule has 6 heteroatoms. The lowest BCUT2D eigenvalue weighted by molar-refractivity contribution is 0.397. The van der Waals surface area contributed by atoms with Crippen molar-refractivity contribution in [1.29, 1.82) is 0 Å². The van der Waals surface area contributed by atoms with Crippen molar-refractivity contribution in [3.05, 3.63) is 41.6 Å². The first kappa shape index (κ1) is 16.7. The number of fused-ring (bicyclic) bond motifs is 2. The number of aromatic nitrogens is 3. The number of hydrogen-bond acceptors (Lipinski definition) is 6. The summed E-state index contributed by atoms with van der Waals surface area (Å²) in [5.74, 6) is 1.42. The summed E-state index contributed by atoms with van der Waals surface area (Å²) in [4.78, 5) is 14.0. The summed E-state index contributed by atoms with van der Waals surface area (Å²) in [6.07, 6.45) is 2.54. The third-order valence-corrected chi connectivity index (χ3v) is 5.56. The lowest BCUT2D eigenvalue weighted by atomic mass is 10.1. The monoisotopic (exact) mass is 365 g/mol. The zero-order valence-electron chi connectivity index (χ0n) is 15.2. The summed E-state index contributed by atoms with van der Waals surface area (Å²) in [6.45, 7) is 4.19. The van der Waals surface area contributed by atoms with Gasteiger partial charge in [0.05, 0.1) is 41.7 Å². The fourth-order valence-electron chi connectivity index (χ4n) is 3.18. The standard InChI is InChI=1S/C20H19N3O2S/c1-5-12-16(24-3)7-6-14-19(12)26-20(23-14)13-8-11(2)9-15-18(13)21-10-17(22-15)25-4/h6-10H,5H2,1-4H3. The van der Waals surface area contributed by atoms with E-state index in [0.717, 1.165) is 49.6 Å². The van der Waals surface area contributed by atoms with Crippen molar-refractivity contribution < 1.29 is 9.47 Å². The highest BCUT2D eigenvalue weighted by Gasteiger charge is 2.16. The average molecular weight is 365 g/mol. The van der Waals surface area contributed by atoms with Gasteiger partial charge in [-0.05, 0) is 43.2 Å². The fraction of sp³-hybridized carbons (Fsp3) is 0.250. The number of ether oxygens (including phenoxy) is 2. The third kappa shape index (κ3) is 2.66. The molecule has 4 rings (SSSR count). The number of thiazole rings is 1. The maximum absolute atomic E-state index is 5.52. The molecule has 0 spiro atoms. The van der Waals surface area contributed by atoms with Gasteiger partial charge >= 0.3 is 0 Å². The number of nitrogens with zero attached hydrogens (tertiary/aromatic N) is 3. The second-order valence-corrected chi connectivity index (χ2v) is 7.06. The van der Waals surface area contributed by atoms with E-state index in [2.05, 4.69) is 29.9 Å². The number of benzene rings is 2. The van der Waals surface area contributed by atoms with Crippen LogP contribution in [0.25, 0.3) is 31.8 Å². The Kier molecular flexibility index (Phi) is 4.20. The Morgan fingerprint density at radius 3 is 2.62 bits per heavy atom. The normalized spacial score (nSPS) is 11.2. The first-order chi connectivity index (χ1) is 12.6. The van der Waals surface area contributed by atoms with Crippen LogP contribution in [0.1, 0.15) is 18.1 Å². The van der Waals surface area contributed by atoms with Crippen LogP contribution in [0.2, 0.25) is 0 Å². The minimum atomic E-state index is 0.511. The number of methoxy groups -OCH3 is 2. The average Bonchev–Trinajstić information content (AvgIpc) is 3.09. The molecule has 0 fully saturated rings. The molecular weight excluding hydrogens is 346 g/mol. The van der Waals surface area contributed by atoms with Crippen LogP contribution in [0, 0.1) is 6.92 Å². The van der Waals surface area contributed by atoms with Gasteiger partial charge in [0.15, 0.2) is 0 Å². The molecule has 0 atom stereocenters. The lowest BCUT2D eigenvalue weighted by Crippen LogP contribution is -1.93. The first-order valence-electron chi connectivity index (χ1n) is 8.42. The highest BCUT2D eigenvalue weighted by molar-refractivity contribution is 7.22. The SMILES string of the molecule is CCc1c(OC)ccc2nc(-c3cc(C)cc4nc(OC)cnc34)sc12. The van der Waals surface area contributed by atoms with Crippen molar-refractivity contribution in [1.82, 2.24) is 15.0 Å². The highest BCUT2D eigenvalue weighted by atomic mass is 32.1. The van der Waals surface area contributed by atoms with Gasteiger partial charge in [0, 0.05) is 11.1 Å². The molecule has 2 aromatic carbocycles. The molecule has 0 radical (unpaired) electrons. The van der Waals surface area contributed by atoms with Crippen molar-refractivity contribution >= 4 is 32.6 Å². The quantitative estimate of drug-likeness (QED) is 0.520. The maximum atomic E-state index is 5.52. The molecule has 0 aliphatic heterocycles. The van der Waals surface area contributed by atoms with E-state index in [1.54, 1.807) is 31.8 Å². The molecule has 0 aliphatic carbocycles. The minimum Gasteiger partial charge on any atom is -0.496 e. The largest absolute Gasteiger partial charge is 0.496 e. The first-order valence-corrected chi connectivity index (χ1v) is 9.24. The Balaban J connectivity index is 1.98. The Morgan fingerprint density at radius 1 is 1.04 bits per heavy atom. The Bertz CT molecular complexity index is 1120. The summed E-state index contributed by atoms with van der Waals surface area (Å²) in [7, 11) is 3.30. The molecule has 0 saturated heterocycles. The molecule has 2 heterocycles.